The summed E-state index contributed by atoms with van der Waals surface area (Å²) in [5.74, 6) is 0.871. The second-order valence-corrected chi connectivity index (χ2v) is 19.9. The van der Waals surface area contributed by atoms with Crippen molar-refractivity contribution >= 4 is 20.1 Å². The number of hydrogen-bond donors (Lipinski definition) is 0. The number of fused-ring (bicyclic) bond motifs is 4. The molecule has 0 radical (unpaired) electrons. The van der Waals surface area contributed by atoms with Crippen LogP contribution in [0.15, 0.2) is 47.6 Å². The van der Waals surface area contributed by atoms with Crippen molar-refractivity contribution in [3.8, 4) is 5.75 Å². The smallest absolute Gasteiger partial charge is 0.316 e. The Kier molecular flexibility index (Phi) is 5.90. The topological polar surface area (TPSA) is 61.8 Å². The average molecular weight is 563 g/mol. The molecule has 0 aromatic heterocycles. The van der Waals surface area contributed by atoms with E-state index in [0.717, 1.165) is 18.6 Å². The molecule has 2 aliphatic heterocycles. The van der Waals surface area contributed by atoms with Crippen LogP contribution < -0.4 is 4.43 Å². The summed E-state index contributed by atoms with van der Waals surface area (Å²) in [5.41, 5.74) is 1.97. The first-order valence-corrected chi connectivity index (χ1v) is 18.0. The van der Waals surface area contributed by atoms with E-state index in [1.54, 1.807) is 12.2 Å². The van der Waals surface area contributed by atoms with E-state index in [2.05, 4.69) is 85.8 Å². The summed E-state index contributed by atoms with van der Waals surface area (Å²) in [4.78, 5) is 27.1. The lowest BCUT2D eigenvalue weighted by Crippen LogP contribution is -2.65. The largest absolute Gasteiger partial charge is 0.543 e. The minimum absolute atomic E-state index is 0.0324. The summed E-state index contributed by atoms with van der Waals surface area (Å²) in [6.07, 6.45) is 4.39. The van der Waals surface area contributed by atoms with Gasteiger partial charge in [-0.25, -0.2) is 0 Å². The first kappa shape index (κ1) is 28.0. The lowest BCUT2D eigenvalue weighted by molar-refractivity contribution is -0.186. The maximum absolute atomic E-state index is 13.8. The van der Waals surface area contributed by atoms with Gasteiger partial charge < -0.3 is 13.9 Å². The number of allylic oxidation sites excluding steroid dienone is 2. The van der Waals surface area contributed by atoms with Gasteiger partial charge in [-0.2, -0.15) is 0 Å². The zero-order valence-electron chi connectivity index (χ0n) is 25.9. The minimum atomic E-state index is -2.04. The third-order valence-corrected chi connectivity index (χ3v) is 16.6. The van der Waals surface area contributed by atoms with Gasteiger partial charge in [-0.05, 0) is 67.6 Å². The fraction of sp³-hybridized carbons (Fsp3) is 0.647. The fourth-order valence-corrected chi connectivity index (χ4v) is 10.4. The maximum Gasteiger partial charge on any atom is 0.316 e. The van der Waals surface area contributed by atoms with Crippen LogP contribution in [-0.2, 0) is 19.1 Å². The zero-order chi connectivity index (χ0) is 29.2. The molecule has 2 saturated heterocycles. The molecule has 0 spiro atoms. The molecule has 216 valence electrons. The van der Waals surface area contributed by atoms with Crippen molar-refractivity contribution in [1.82, 2.24) is 0 Å². The average Bonchev–Trinajstić information content (AvgIpc) is 3.44. The van der Waals surface area contributed by atoms with E-state index in [-0.39, 0.29) is 46.8 Å². The van der Waals surface area contributed by atoms with Crippen LogP contribution in [0.25, 0.3) is 0 Å². The Morgan fingerprint density at radius 3 is 2.40 bits per heavy atom. The molecule has 3 fully saturated rings. The second kappa shape index (κ2) is 8.44. The monoisotopic (exact) mass is 562 g/mol. The van der Waals surface area contributed by atoms with Gasteiger partial charge in [-0.1, -0.05) is 77.8 Å². The molecule has 5 nitrogen and oxygen atoms in total. The number of carbonyl (C=O) groups excluding carboxylic acids is 2. The summed E-state index contributed by atoms with van der Waals surface area (Å²) in [6, 6.07) is 8.52. The van der Waals surface area contributed by atoms with Crippen molar-refractivity contribution in [2.45, 2.75) is 111 Å². The van der Waals surface area contributed by atoms with Crippen LogP contribution in [-0.4, -0.2) is 38.4 Å². The molecule has 2 heterocycles. The summed E-state index contributed by atoms with van der Waals surface area (Å²) >= 11 is 0. The van der Waals surface area contributed by atoms with Crippen molar-refractivity contribution in [3.05, 3.63) is 53.1 Å². The molecule has 0 amide bonds. The van der Waals surface area contributed by atoms with E-state index < -0.39 is 30.7 Å². The van der Waals surface area contributed by atoms with Crippen molar-refractivity contribution in [3.63, 3.8) is 0 Å². The molecule has 1 aromatic rings. The van der Waals surface area contributed by atoms with Crippen LogP contribution in [0.2, 0.25) is 18.1 Å². The van der Waals surface area contributed by atoms with Crippen LogP contribution in [0.5, 0.6) is 5.75 Å². The number of para-hydroxylation sites is 1. The van der Waals surface area contributed by atoms with E-state index in [0.29, 0.717) is 0 Å². The van der Waals surface area contributed by atoms with Crippen LogP contribution >= 0.6 is 0 Å². The van der Waals surface area contributed by atoms with Gasteiger partial charge >= 0.3 is 5.97 Å². The summed E-state index contributed by atoms with van der Waals surface area (Å²) in [5, 5.41) is 0.0975. The lowest BCUT2D eigenvalue weighted by Gasteiger charge is -2.59. The predicted molar refractivity (Wildman–Crippen MR) is 159 cm³/mol. The molecule has 1 aromatic carbocycles. The van der Waals surface area contributed by atoms with Gasteiger partial charge in [0.25, 0.3) is 0 Å². The third-order valence-electron chi connectivity index (χ3n) is 12.2. The van der Waals surface area contributed by atoms with Crippen LogP contribution in [0.4, 0.5) is 0 Å². The Bertz CT molecular complexity index is 1350. The number of ketones is 1. The Labute approximate surface area is 240 Å². The van der Waals surface area contributed by atoms with E-state index >= 15 is 0 Å². The highest BCUT2D eigenvalue weighted by atomic mass is 28.4. The van der Waals surface area contributed by atoms with Gasteiger partial charge in [0.15, 0.2) is 5.78 Å². The fourth-order valence-electron chi connectivity index (χ4n) is 9.37. The van der Waals surface area contributed by atoms with Crippen molar-refractivity contribution in [1.29, 1.82) is 0 Å². The van der Waals surface area contributed by atoms with Gasteiger partial charge in [-0.3, -0.25) is 9.59 Å². The normalized spacial score (nSPS) is 42.0. The molecule has 0 N–H and O–H groups in total. The van der Waals surface area contributed by atoms with Crippen molar-refractivity contribution in [2.75, 3.05) is 0 Å². The number of rotatable bonds is 4. The predicted octanol–water partition coefficient (Wildman–Crippen LogP) is 7.38. The Morgan fingerprint density at radius 1 is 1.07 bits per heavy atom. The standard InChI is InChI=1S/C34H46O5Si/c1-11-24-33(7)25(35)16-17-32(6)28(33)27(38-30(32)36)29-34(24,8)26-19(2)21(18-23(26)37-29)20-14-12-13-15-22(20)39-40(9,10)31(3,4)5/h12-17,21,23-24,27-29H,11,18H2,1-10H3/t21-,23-,24-,27-,28+,29-,32-,33+,34-/m1/s1. The van der Waals surface area contributed by atoms with Crippen LogP contribution in [0.3, 0.4) is 0 Å². The van der Waals surface area contributed by atoms with E-state index in [1.165, 1.54) is 16.7 Å². The highest BCUT2D eigenvalue weighted by molar-refractivity contribution is 6.74. The summed E-state index contributed by atoms with van der Waals surface area (Å²) in [6.45, 7) is 22.2. The highest BCUT2D eigenvalue weighted by Gasteiger charge is 2.77. The molecular formula is C34H46O5Si. The number of benzene rings is 1. The minimum Gasteiger partial charge on any atom is -0.543 e. The highest BCUT2D eigenvalue weighted by Crippen LogP contribution is 2.72. The zero-order valence-corrected chi connectivity index (χ0v) is 26.9. The van der Waals surface area contributed by atoms with Gasteiger partial charge in [0.1, 0.15) is 18.0 Å². The van der Waals surface area contributed by atoms with E-state index in [4.69, 9.17) is 13.9 Å². The molecule has 1 saturated carbocycles. The number of hydrogen-bond acceptors (Lipinski definition) is 5. The van der Waals surface area contributed by atoms with Crippen LogP contribution in [0, 0.1) is 28.1 Å². The van der Waals surface area contributed by atoms with Gasteiger partial charge in [-0.15, -0.1) is 0 Å². The maximum atomic E-state index is 13.8. The number of carbonyl (C=O) groups is 2. The first-order chi connectivity index (χ1) is 18.5. The molecule has 0 unspecified atom stereocenters. The molecular weight excluding hydrogens is 516 g/mol. The molecule has 6 heteroatoms. The molecule has 6 rings (SSSR count). The molecule has 3 aliphatic carbocycles. The number of esters is 1. The Balaban J connectivity index is 1.46. The van der Waals surface area contributed by atoms with Crippen LogP contribution in [0.1, 0.15) is 79.7 Å². The SMILES string of the molecule is CC[C@H]1[C@]2(C)C3=C(C)[C@H](c4ccccc4O[Si](C)(C)C(C)(C)C)C[C@H]3O[C@@H]2[C@@H]2OC(=O)[C@]3(C)C=CC(=O)[C@@]1(C)[C@@H]23. The lowest BCUT2D eigenvalue weighted by atomic mass is 9.42. The van der Waals surface area contributed by atoms with Gasteiger partial charge in [0.2, 0.25) is 8.32 Å². The molecule has 5 aliphatic rings. The molecule has 40 heavy (non-hydrogen) atoms. The Morgan fingerprint density at radius 2 is 1.75 bits per heavy atom. The first-order valence-electron chi connectivity index (χ1n) is 15.1. The van der Waals surface area contributed by atoms with Crippen molar-refractivity contribution in [2.24, 2.45) is 28.1 Å². The Hall–Kier alpha value is -2.18. The molecule has 9 atom stereocenters. The summed E-state index contributed by atoms with van der Waals surface area (Å²) < 4.78 is 20.1. The summed E-state index contributed by atoms with van der Waals surface area (Å²) in [7, 11) is -2.04. The van der Waals surface area contributed by atoms with E-state index in [9.17, 15) is 9.59 Å². The van der Waals surface area contributed by atoms with Gasteiger partial charge in [0, 0.05) is 22.7 Å². The quantitative estimate of drug-likeness (QED) is 0.218. The second-order valence-electron chi connectivity index (χ2n) is 15.2. The third kappa shape index (κ3) is 3.29. The van der Waals surface area contributed by atoms with Gasteiger partial charge in [0.05, 0.1) is 11.5 Å². The van der Waals surface area contributed by atoms with E-state index in [1.807, 2.05) is 6.92 Å². The number of ether oxygens (including phenoxy) is 2. The van der Waals surface area contributed by atoms with Crippen molar-refractivity contribution < 1.29 is 23.5 Å². The molecule has 0 bridgehead atoms.